The van der Waals surface area contributed by atoms with Gasteiger partial charge in [0.1, 0.15) is 0 Å². The fourth-order valence-electron chi connectivity index (χ4n) is 3.48. The first kappa shape index (κ1) is 20.1. The number of aliphatic hydroxyl groups excluding tert-OH is 1. The predicted molar refractivity (Wildman–Crippen MR) is 122 cm³/mol. The number of hydrogen-bond acceptors (Lipinski definition) is 6. The van der Waals surface area contributed by atoms with Gasteiger partial charge in [0.15, 0.2) is 17.0 Å². The van der Waals surface area contributed by atoms with Crippen LogP contribution >= 0.6 is 0 Å². The molecule has 0 aliphatic carbocycles. The molecule has 0 fully saturated rings. The van der Waals surface area contributed by atoms with Gasteiger partial charge < -0.3 is 20.3 Å². The van der Waals surface area contributed by atoms with Crippen LogP contribution in [-0.4, -0.2) is 37.3 Å². The molecule has 0 unspecified atom stereocenters. The van der Waals surface area contributed by atoms with Crippen LogP contribution in [0.2, 0.25) is 0 Å². The Morgan fingerprint density at radius 1 is 1.07 bits per heavy atom. The van der Waals surface area contributed by atoms with Crippen molar-refractivity contribution in [3.8, 4) is 0 Å². The third-order valence-corrected chi connectivity index (χ3v) is 5.30. The summed E-state index contributed by atoms with van der Waals surface area (Å²) in [7, 11) is 0. The quantitative estimate of drug-likeness (QED) is 0.405. The van der Waals surface area contributed by atoms with Gasteiger partial charge in [-0.05, 0) is 42.7 Å². The van der Waals surface area contributed by atoms with E-state index in [1.165, 1.54) is 16.3 Å². The third-order valence-electron chi connectivity index (χ3n) is 5.30. The van der Waals surface area contributed by atoms with Gasteiger partial charge in [0.25, 0.3) is 0 Å². The van der Waals surface area contributed by atoms with Crippen molar-refractivity contribution in [2.24, 2.45) is 0 Å². The van der Waals surface area contributed by atoms with Crippen molar-refractivity contribution in [1.82, 2.24) is 19.5 Å². The highest BCUT2D eigenvalue weighted by Crippen LogP contribution is 2.25. The highest BCUT2D eigenvalue weighted by molar-refractivity contribution is 5.85. The number of rotatable bonds is 8. The van der Waals surface area contributed by atoms with E-state index in [0.717, 1.165) is 17.6 Å². The Labute approximate surface area is 176 Å². The Hall–Kier alpha value is -3.19. The van der Waals surface area contributed by atoms with E-state index in [9.17, 15) is 5.11 Å². The van der Waals surface area contributed by atoms with Crippen LogP contribution in [-0.2, 0) is 6.54 Å². The van der Waals surface area contributed by atoms with Crippen LogP contribution in [0.3, 0.4) is 0 Å². The lowest BCUT2D eigenvalue weighted by Gasteiger charge is -2.16. The first-order chi connectivity index (χ1) is 14.6. The molecule has 0 aliphatic rings. The minimum Gasteiger partial charge on any atom is -0.394 e. The molecule has 1 atom stereocenters. The normalized spacial score (nSPS) is 12.6. The number of aliphatic hydroxyl groups is 1. The minimum atomic E-state index is -0.0915. The number of aromatic nitrogens is 4. The van der Waals surface area contributed by atoms with E-state index in [4.69, 9.17) is 0 Å². The highest BCUT2D eigenvalue weighted by atomic mass is 16.3. The van der Waals surface area contributed by atoms with Crippen molar-refractivity contribution < 1.29 is 5.11 Å². The average molecular weight is 405 g/mol. The number of hydrogen-bond donors (Lipinski definition) is 3. The van der Waals surface area contributed by atoms with E-state index in [1.54, 1.807) is 6.33 Å². The number of imidazole rings is 1. The lowest BCUT2D eigenvalue weighted by molar-refractivity contribution is 0.271. The van der Waals surface area contributed by atoms with Crippen LogP contribution in [0, 0.1) is 0 Å². The molecule has 0 aliphatic heterocycles. The van der Waals surface area contributed by atoms with Gasteiger partial charge >= 0.3 is 0 Å². The van der Waals surface area contributed by atoms with E-state index < -0.39 is 0 Å². The Morgan fingerprint density at radius 3 is 2.60 bits per heavy atom. The second-order valence-electron chi connectivity index (χ2n) is 7.78. The molecule has 2 aromatic carbocycles. The fraction of sp³-hybridized carbons (Fsp3) is 0.348. The molecule has 7 nitrogen and oxygen atoms in total. The molecule has 4 aromatic rings. The van der Waals surface area contributed by atoms with Crippen molar-refractivity contribution >= 4 is 33.7 Å². The zero-order chi connectivity index (χ0) is 21.1. The molecule has 30 heavy (non-hydrogen) atoms. The second-order valence-corrected chi connectivity index (χ2v) is 7.78. The lowest BCUT2D eigenvalue weighted by atomic mass is 10.1. The van der Waals surface area contributed by atoms with Crippen molar-refractivity contribution in [3.05, 3.63) is 54.4 Å². The highest BCUT2D eigenvalue weighted by Gasteiger charge is 2.16. The maximum Gasteiger partial charge on any atom is 0.227 e. The summed E-state index contributed by atoms with van der Waals surface area (Å²) in [4.78, 5) is 13.9. The van der Waals surface area contributed by atoms with E-state index >= 15 is 0 Å². The predicted octanol–water partition coefficient (Wildman–Crippen LogP) is 4.36. The maximum absolute atomic E-state index is 9.56. The molecular formula is C23H28N6O. The van der Waals surface area contributed by atoms with Gasteiger partial charge in [0.2, 0.25) is 5.95 Å². The van der Waals surface area contributed by atoms with Crippen LogP contribution in [0.1, 0.15) is 38.8 Å². The summed E-state index contributed by atoms with van der Waals surface area (Å²) in [6.07, 6.45) is 2.58. The van der Waals surface area contributed by atoms with Crippen LogP contribution in [0.4, 0.5) is 11.8 Å². The average Bonchev–Trinajstić information content (AvgIpc) is 3.20. The summed E-state index contributed by atoms with van der Waals surface area (Å²) in [5.41, 5.74) is 2.68. The minimum absolute atomic E-state index is 0.0290. The summed E-state index contributed by atoms with van der Waals surface area (Å²) >= 11 is 0. The van der Waals surface area contributed by atoms with Gasteiger partial charge in [-0.2, -0.15) is 9.97 Å². The standard InChI is InChI=1S/C23H28N6O/c1-4-19(13-30)26-23-27-21(20-22(28-23)29(14-25-20)15(2)3)24-12-16-9-10-17-7-5-6-8-18(17)11-16/h5-11,14-15,19,30H,4,12-13H2,1-3H3,(H2,24,26,27,28)/t19-/m1/s1. The van der Waals surface area contributed by atoms with E-state index in [2.05, 4.69) is 75.8 Å². The van der Waals surface area contributed by atoms with Crippen molar-refractivity contribution in [2.45, 2.75) is 45.8 Å². The second kappa shape index (κ2) is 8.67. The zero-order valence-corrected chi connectivity index (χ0v) is 17.6. The largest absolute Gasteiger partial charge is 0.394 e. The van der Waals surface area contributed by atoms with Crippen LogP contribution < -0.4 is 10.6 Å². The Morgan fingerprint density at radius 2 is 1.87 bits per heavy atom. The Kier molecular flexibility index (Phi) is 5.81. The molecule has 3 N–H and O–H groups in total. The van der Waals surface area contributed by atoms with Gasteiger partial charge in [0.05, 0.1) is 19.0 Å². The molecule has 7 heteroatoms. The molecule has 0 saturated heterocycles. The molecule has 2 heterocycles. The maximum atomic E-state index is 9.56. The fourth-order valence-corrected chi connectivity index (χ4v) is 3.48. The van der Waals surface area contributed by atoms with Gasteiger partial charge in [-0.15, -0.1) is 0 Å². The van der Waals surface area contributed by atoms with Crippen LogP contribution in [0.15, 0.2) is 48.8 Å². The summed E-state index contributed by atoms with van der Waals surface area (Å²) in [6.45, 7) is 6.87. The smallest absolute Gasteiger partial charge is 0.227 e. The summed E-state index contributed by atoms with van der Waals surface area (Å²) in [5.74, 6) is 1.18. The first-order valence-electron chi connectivity index (χ1n) is 10.4. The number of nitrogens with zero attached hydrogens (tertiary/aromatic N) is 4. The van der Waals surface area contributed by atoms with Crippen molar-refractivity contribution in [3.63, 3.8) is 0 Å². The third kappa shape index (κ3) is 4.07. The molecule has 156 valence electrons. The molecule has 0 bridgehead atoms. The molecule has 0 amide bonds. The topological polar surface area (TPSA) is 87.9 Å². The van der Waals surface area contributed by atoms with Crippen LogP contribution in [0.25, 0.3) is 21.9 Å². The van der Waals surface area contributed by atoms with E-state index in [1.807, 2.05) is 17.6 Å². The monoisotopic (exact) mass is 404 g/mol. The summed E-state index contributed by atoms with van der Waals surface area (Å²) < 4.78 is 2.03. The molecular weight excluding hydrogens is 376 g/mol. The van der Waals surface area contributed by atoms with E-state index in [0.29, 0.717) is 18.3 Å². The Bertz CT molecular complexity index is 1150. The van der Waals surface area contributed by atoms with Crippen molar-refractivity contribution in [1.29, 1.82) is 0 Å². The van der Waals surface area contributed by atoms with Gasteiger partial charge in [-0.25, -0.2) is 4.98 Å². The number of benzene rings is 2. The summed E-state index contributed by atoms with van der Waals surface area (Å²) in [5, 5.41) is 18.7. The molecule has 4 rings (SSSR count). The lowest BCUT2D eigenvalue weighted by Crippen LogP contribution is -2.24. The van der Waals surface area contributed by atoms with Gasteiger partial charge in [-0.1, -0.05) is 43.3 Å². The number of fused-ring (bicyclic) bond motifs is 2. The summed E-state index contributed by atoms with van der Waals surface area (Å²) in [6, 6.07) is 14.9. The molecule has 0 radical (unpaired) electrons. The zero-order valence-electron chi connectivity index (χ0n) is 17.6. The Balaban J connectivity index is 1.66. The van der Waals surface area contributed by atoms with Crippen molar-refractivity contribution in [2.75, 3.05) is 17.2 Å². The number of anilines is 2. The first-order valence-corrected chi connectivity index (χ1v) is 10.4. The molecule has 0 spiro atoms. The SMILES string of the molecule is CC[C@H](CO)Nc1nc(NCc2ccc3ccccc3c2)c2ncn(C(C)C)c2n1. The van der Waals surface area contributed by atoms with Crippen LogP contribution in [0.5, 0.6) is 0 Å². The van der Waals surface area contributed by atoms with Gasteiger partial charge in [0, 0.05) is 12.6 Å². The molecule has 2 aromatic heterocycles. The van der Waals surface area contributed by atoms with Gasteiger partial charge in [-0.3, -0.25) is 0 Å². The number of nitrogens with one attached hydrogen (secondary N) is 2. The molecule has 0 saturated carbocycles. The van der Waals surface area contributed by atoms with E-state index in [-0.39, 0.29) is 18.7 Å².